The predicted octanol–water partition coefficient (Wildman–Crippen LogP) is 3.93. The van der Waals surface area contributed by atoms with Crippen molar-refractivity contribution >= 4 is 38.6 Å². The van der Waals surface area contributed by atoms with Gasteiger partial charge in [-0.05, 0) is 42.5 Å². The Morgan fingerprint density at radius 1 is 1.07 bits per heavy atom. The molecule has 1 aliphatic rings. The number of carbonyl (C=O) groups excluding carboxylic acids is 1. The number of benzene rings is 2. The van der Waals surface area contributed by atoms with E-state index in [4.69, 9.17) is 4.74 Å². The van der Waals surface area contributed by atoms with E-state index in [1.807, 2.05) is 30.3 Å². The van der Waals surface area contributed by atoms with Gasteiger partial charge in [0.1, 0.15) is 12.4 Å². The second-order valence-electron chi connectivity index (χ2n) is 6.16. The maximum Gasteiger partial charge on any atom is 0.265 e. The minimum absolute atomic E-state index is 0.212. The normalized spacial score (nSPS) is 12.5. The number of rotatable bonds is 4. The van der Waals surface area contributed by atoms with Crippen LogP contribution in [-0.2, 0) is 16.6 Å². The lowest BCUT2D eigenvalue weighted by Gasteiger charge is -2.16. The number of amides is 1. The van der Waals surface area contributed by atoms with Crippen molar-refractivity contribution in [2.75, 3.05) is 16.3 Å². The molecular formula is C19H16N2O4S2. The van der Waals surface area contributed by atoms with Gasteiger partial charge < -0.3 is 10.1 Å². The van der Waals surface area contributed by atoms with Crippen molar-refractivity contribution in [3.8, 4) is 16.2 Å². The highest BCUT2D eigenvalue weighted by molar-refractivity contribution is 7.92. The number of para-hydroxylation sites is 1. The Kier molecular flexibility index (Phi) is 4.37. The van der Waals surface area contributed by atoms with Gasteiger partial charge in [0.25, 0.3) is 5.91 Å². The number of sulfonamides is 1. The fourth-order valence-corrected chi connectivity index (χ4v) is 4.50. The number of carbonyl (C=O) groups is 1. The van der Waals surface area contributed by atoms with E-state index in [1.165, 1.54) is 11.3 Å². The lowest BCUT2D eigenvalue weighted by molar-refractivity contribution is 0.103. The Morgan fingerprint density at radius 3 is 2.52 bits per heavy atom. The second kappa shape index (κ2) is 6.71. The van der Waals surface area contributed by atoms with Crippen molar-refractivity contribution in [3.63, 3.8) is 0 Å². The average molecular weight is 400 g/mol. The molecule has 0 atom stereocenters. The maximum absolute atomic E-state index is 12.6. The van der Waals surface area contributed by atoms with Gasteiger partial charge in [-0.25, -0.2) is 8.42 Å². The third kappa shape index (κ3) is 3.81. The van der Waals surface area contributed by atoms with E-state index >= 15 is 0 Å². The molecule has 2 aromatic carbocycles. The summed E-state index contributed by atoms with van der Waals surface area (Å²) in [6.45, 7) is 0.446. The lowest BCUT2D eigenvalue weighted by Crippen LogP contribution is -2.11. The van der Waals surface area contributed by atoms with Crippen LogP contribution in [0.1, 0.15) is 15.2 Å². The SMILES string of the molecule is CS(=O)(=O)Nc1ccc(NC(=O)c2cc3c(s2)-c2ccccc2OC3)cc1. The van der Waals surface area contributed by atoms with Crippen molar-refractivity contribution in [3.05, 3.63) is 65.0 Å². The van der Waals surface area contributed by atoms with Crippen LogP contribution in [0, 0.1) is 0 Å². The molecule has 6 nitrogen and oxygen atoms in total. The van der Waals surface area contributed by atoms with Crippen LogP contribution >= 0.6 is 11.3 Å². The molecule has 0 unspecified atom stereocenters. The topological polar surface area (TPSA) is 84.5 Å². The van der Waals surface area contributed by atoms with Gasteiger partial charge in [0.15, 0.2) is 0 Å². The van der Waals surface area contributed by atoms with Gasteiger partial charge in [0.05, 0.1) is 11.1 Å². The first-order valence-corrected chi connectivity index (χ1v) is 10.8. The summed E-state index contributed by atoms with van der Waals surface area (Å²) in [5.74, 6) is 0.614. The molecule has 2 N–H and O–H groups in total. The highest BCUT2D eigenvalue weighted by Crippen LogP contribution is 2.42. The summed E-state index contributed by atoms with van der Waals surface area (Å²) in [5, 5.41) is 2.83. The smallest absolute Gasteiger partial charge is 0.265 e. The van der Waals surface area contributed by atoms with Crippen LogP contribution in [0.25, 0.3) is 10.4 Å². The molecule has 138 valence electrons. The fourth-order valence-electron chi connectivity index (χ4n) is 2.84. The Bertz CT molecular complexity index is 1120. The molecule has 0 fully saturated rings. The van der Waals surface area contributed by atoms with E-state index in [-0.39, 0.29) is 5.91 Å². The van der Waals surface area contributed by atoms with Crippen LogP contribution in [0.3, 0.4) is 0 Å². The number of anilines is 2. The van der Waals surface area contributed by atoms with Gasteiger partial charge in [-0.15, -0.1) is 11.3 Å². The van der Waals surface area contributed by atoms with E-state index in [2.05, 4.69) is 10.0 Å². The first-order chi connectivity index (χ1) is 12.9. The van der Waals surface area contributed by atoms with Crippen LogP contribution in [0.15, 0.2) is 54.6 Å². The van der Waals surface area contributed by atoms with Crippen LogP contribution in [0.4, 0.5) is 11.4 Å². The summed E-state index contributed by atoms with van der Waals surface area (Å²) in [7, 11) is -3.33. The zero-order valence-corrected chi connectivity index (χ0v) is 16.0. The third-order valence-corrected chi connectivity index (χ3v) is 5.81. The number of ether oxygens (including phenoxy) is 1. The average Bonchev–Trinajstić information content (AvgIpc) is 3.07. The summed E-state index contributed by atoms with van der Waals surface area (Å²) in [4.78, 5) is 14.3. The van der Waals surface area contributed by atoms with Crippen molar-refractivity contribution in [1.29, 1.82) is 0 Å². The van der Waals surface area contributed by atoms with Gasteiger partial charge in [-0.1, -0.05) is 12.1 Å². The minimum Gasteiger partial charge on any atom is -0.488 e. The molecule has 4 rings (SSSR count). The molecular weight excluding hydrogens is 384 g/mol. The zero-order valence-electron chi connectivity index (χ0n) is 14.4. The summed E-state index contributed by atoms with van der Waals surface area (Å²) < 4.78 is 30.6. The molecule has 27 heavy (non-hydrogen) atoms. The summed E-state index contributed by atoms with van der Waals surface area (Å²) in [6.07, 6.45) is 1.09. The number of hydrogen-bond donors (Lipinski definition) is 2. The molecule has 0 saturated carbocycles. The van der Waals surface area contributed by atoms with E-state index in [0.29, 0.717) is 22.9 Å². The second-order valence-corrected chi connectivity index (χ2v) is 8.96. The van der Waals surface area contributed by atoms with Gasteiger partial charge in [-0.2, -0.15) is 0 Å². The van der Waals surface area contributed by atoms with Crippen LogP contribution in [-0.4, -0.2) is 20.6 Å². The molecule has 0 bridgehead atoms. The molecule has 1 aliphatic heterocycles. The van der Waals surface area contributed by atoms with Gasteiger partial charge in [-0.3, -0.25) is 9.52 Å². The molecule has 1 aromatic heterocycles. The number of fused-ring (bicyclic) bond motifs is 3. The first-order valence-electron chi connectivity index (χ1n) is 8.13. The Morgan fingerprint density at radius 2 is 1.78 bits per heavy atom. The van der Waals surface area contributed by atoms with Crippen molar-refractivity contribution < 1.29 is 17.9 Å². The molecule has 3 aromatic rings. The highest BCUT2D eigenvalue weighted by atomic mass is 32.2. The number of thiophene rings is 1. The maximum atomic E-state index is 12.6. The van der Waals surface area contributed by atoms with Crippen molar-refractivity contribution in [1.82, 2.24) is 0 Å². The zero-order chi connectivity index (χ0) is 19.0. The molecule has 0 radical (unpaired) electrons. The van der Waals surface area contributed by atoms with Gasteiger partial charge in [0.2, 0.25) is 10.0 Å². The van der Waals surface area contributed by atoms with Crippen LogP contribution in [0.2, 0.25) is 0 Å². The van der Waals surface area contributed by atoms with Gasteiger partial charge >= 0.3 is 0 Å². The van der Waals surface area contributed by atoms with E-state index in [0.717, 1.165) is 28.0 Å². The first kappa shape index (κ1) is 17.6. The standard InChI is InChI=1S/C19H16N2O4S2/c1-27(23,24)21-14-8-6-13(7-9-14)20-19(22)17-10-12-11-25-16-5-3-2-4-15(16)18(12)26-17/h2-10,21H,11H2,1H3,(H,20,22). The van der Waals surface area contributed by atoms with Crippen molar-refractivity contribution in [2.45, 2.75) is 6.61 Å². The van der Waals surface area contributed by atoms with E-state index in [9.17, 15) is 13.2 Å². The van der Waals surface area contributed by atoms with E-state index in [1.54, 1.807) is 24.3 Å². The summed E-state index contributed by atoms with van der Waals surface area (Å²) in [5.41, 5.74) is 3.02. The lowest BCUT2D eigenvalue weighted by atomic mass is 10.1. The summed E-state index contributed by atoms with van der Waals surface area (Å²) in [6, 6.07) is 16.1. The Balaban J connectivity index is 1.53. The largest absolute Gasteiger partial charge is 0.488 e. The molecule has 0 spiro atoms. The Hall–Kier alpha value is -2.84. The molecule has 0 saturated heterocycles. The molecule has 1 amide bonds. The minimum atomic E-state index is -3.33. The molecule has 2 heterocycles. The van der Waals surface area contributed by atoms with Crippen LogP contribution < -0.4 is 14.8 Å². The van der Waals surface area contributed by atoms with E-state index < -0.39 is 10.0 Å². The third-order valence-electron chi connectivity index (χ3n) is 3.99. The van der Waals surface area contributed by atoms with Crippen molar-refractivity contribution in [2.24, 2.45) is 0 Å². The number of nitrogens with one attached hydrogen (secondary N) is 2. The molecule has 0 aliphatic carbocycles. The number of hydrogen-bond acceptors (Lipinski definition) is 5. The van der Waals surface area contributed by atoms with Gasteiger partial charge in [0, 0.05) is 27.4 Å². The fraction of sp³-hybridized carbons (Fsp3) is 0.105. The quantitative estimate of drug-likeness (QED) is 0.695. The Labute approximate surface area is 160 Å². The predicted molar refractivity (Wildman–Crippen MR) is 107 cm³/mol. The molecule has 8 heteroatoms. The summed E-state index contributed by atoms with van der Waals surface area (Å²) >= 11 is 1.43. The van der Waals surface area contributed by atoms with Crippen LogP contribution in [0.5, 0.6) is 5.75 Å². The highest BCUT2D eigenvalue weighted by Gasteiger charge is 2.22. The monoisotopic (exact) mass is 400 g/mol.